The maximum atomic E-state index is 11.6. The van der Waals surface area contributed by atoms with Gasteiger partial charge < -0.3 is 30.3 Å². The highest BCUT2D eigenvalue weighted by Crippen LogP contribution is 2.38. The van der Waals surface area contributed by atoms with Crippen LogP contribution in [0.15, 0.2) is 42.6 Å². The van der Waals surface area contributed by atoms with E-state index in [1.54, 1.807) is 31.5 Å². The number of aromatic nitrogens is 2. The summed E-state index contributed by atoms with van der Waals surface area (Å²) in [4.78, 5) is 20.5. The Hall–Kier alpha value is -3.43. The summed E-state index contributed by atoms with van der Waals surface area (Å²) in [5.41, 5.74) is 3.16. The molecule has 184 valence electrons. The molecule has 9 heteroatoms. The molecule has 1 aromatic carbocycles. The van der Waals surface area contributed by atoms with Crippen LogP contribution in [0, 0.1) is 5.92 Å². The van der Waals surface area contributed by atoms with Crippen LogP contribution in [0.5, 0.6) is 11.6 Å². The summed E-state index contributed by atoms with van der Waals surface area (Å²) in [5.74, 6) is 0.977. The first kappa shape index (κ1) is 23.3. The maximum Gasteiger partial charge on any atom is 0.262 e. The van der Waals surface area contributed by atoms with Crippen LogP contribution >= 0.6 is 0 Å². The van der Waals surface area contributed by atoms with E-state index in [1.165, 1.54) is 0 Å². The number of carbonyl (C=O) groups is 1. The second-order valence-corrected chi connectivity index (χ2v) is 9.39. The zero-order valence-corrected chi connectivity index (χ0v) is 19.7. The van der Waals surface area contributed by atoms with Crippen LogP contribution in [0.3, 0.4) is 0 Å². The number of nitrogens with one attached hydrogen (secondary N) is 2. The SMILES string of the molecule is COc1ccc2nccc(CCC3(O)CCC(C(O)Nc4ccc5c(c4)NC(=O)CO5)CC3)c2n1. The van der Waals surface area contributed by atoms with Crippen LogP contribution < -0.4 is 20.1 Å². The predicted octanol–water partition coefficient (Wildman–Crippen LogP) is 3.25. The van der Waals surface area contributed by atoms with Crippen LogP contribution in [0.4, 0.5) is 11.4 Å². The van der Waals surface area contributed by atoms with E-state index >= 15 is 0 Å². The molecule has 2 aliphatic rings. The lowest BCUT2D eigenvalue weighted by Crippen LogP contribution is -2.39. The molecule has 3 aromatic rings. The van der Waals surface area contributed by atoms with Gasteiger partial charge in [-0.2, -0.15) is 0 Å². The number of amides is 1. The number of hydrogen-bond acceptors (Lipinski definition) is 8. The van der Waals surface area contributed by atoms with E-state index in [0.29, 0.717) is 61.5 Å². The Labute approximate surface area is 203 Å². The third-order valence-electron chi connectivity index (χ3n) is 7.05. The number of benzene rings is 1. The number of methoxy groups -OCH3 is 1. The van der Waals surface area contributed by atoms with E-state index in [1.807, 2.05) is 18.2 Å². The highest BCUT2D eigenvalue weighted by atomic mass is 16.5. The van der Waals surface area contributed by atoms with Gasteiger partial charge in [0.15, 0.2) is 6.61 Å². The fourth-order valence-corrected chi connectivity index (χ4v) is 4.95. The monoisotopic (exact) mass is 478 g/mol. The number of pyridine rings is 2. The van der Waals surface area contributed by atoms with E-state index < -0.39 is 11.8 Å². The van der Waals surface area contributed by atoms with E-state index in [0.717, 1.165) is 16.6 Å². The zero-order chi connectivity index (χ0) is 24.4. The number of carbonyl (C=O) groups excluding carboxylic acids is 1. The van der Waals surface area contributed by atoms with Crippen LogP contribution in [0.25, 0.3) is 11.0 Å². The normalized spacial score (nSPS) is 22.6. The number of rotatable bonds is 7. The second-order valence-electron chi connectivity index (χ2n) is 9.39. The lowest BCUT2D eigenvalue weighted by Gasteiger charge is -2.38. The fraction of sp³-hybridized carbons (Fsp3) is 0.423. The summed E-state index contributed by atoms with van der Waals surface area (Å²) in [7, 11) is 1.59. The smallest absolute Gasteiger partial charge is 0.262 e. The Balaban J connectivity index is 1.17. The summed E-state index contributed by atoms with van der Waals surface area (Å²) >= 11 is 0. The van der Waals surface area contributed by atoms with Crippen molar-refractivity contribution in [3.05, 3.63) is 48.2 Å². The molecule has 0 bridgehead atoms. The highest BCUT2D eigenvalue weighted by Gasteiger charge is 2.35. The minimum atomic E-state index is -0.780. The van der Waals surface area contributed by atoms with Gasteiger partial charge in [0.2, 0.25) is 5.88 Å². The van der Waals surface area contributed by atoms with Crippen LogP contribution in [-0.2, 0) is 11.2 Å². The van der Waals surface area contributed by atoms with Gasteiger partial charge in [-0.3, -0.25) is 9.78 Å². The third kappa shape index (κ3) is 5.16. The first-order chi connectivity index (χ1) is 16.9. The van der Waals surface area contributed by atoms with Crippen molar-refractivity contribution >= 4 is 28.3 Å². The van der Waals surface area contributed by atoms with Crippen LogP contribution in [-0.4, -0.2) is 51.6 Å². The van der Waals surface area contributed by atoms with Gasteiger partial charge in [0.25, 0.3) is 5.91 Å². The molecule has 1 aliphatic carbocycles. The number of hydrogen-bond donors (Lipinski definition) is 4. The molecule has 1 fully saturated rings. The van der Waals surface area contributed by atoms with Gasteiger partial charge in [-0.05, 0) is 74.4 Å². The number of anilines is 2. The lowest BCUT2D eigenvalue weighted by molar-refractivity contribution is -0.118. The fourth-order valence-electron chi connectivity index (χ4n) is 4.95. The molecule has 0 saturated heterocycles. The molecule has 4 N–H and O–H groups in total. The Kier molecular flexibility index (Phi) is 6.44. The van der Waals surface area contributed by atoms with Crippen molar-refractivity contribution in [2.24, 2.45) is 5.92 Å². The van der Waals surface area contributed by atoms with Crippen molar-refractivity contribution < 1.29 is 24.5 Å². The van der Waals surface area contributed by atoms with E-state index in [-0.39, 0.29) is 18.4 Å². The summed E-state index contributed by atoms with van der Waals surface area (Å²) in [5, 5.41) is 27.9. The molecular weight excluding hydrogens is 448 g/mol. The molecule has 0 spiro atoms. The van der Waals surface area contributed by atoms with Gasteiger partial charge in [-0.1, -0.05) is 0 Å². The Bertz CT molecular complexity index is 1230. The average Bonchev–Trinajstić information content (AvgIpc) is 2.87. The molecule has 1 atom stereocenters. The number of aliphatic hydroxyl groups excluding tert-OH is 1. The molecule has 1 saturated carbocycles. The van der Waals surface area contributed by atoms with Gasteiger partial charge in [0.05, 0.1) is 29.4 Å². The minimum absolute atomic E-state index is 0.00940. The molecule has 1 aliphatic heterocycles. The van der Waals surface area contributed by atoms with Crippen molar-refractivity contribution in [2.75, 3.05) is 24.4 Å². The largest absolute Gasteiger partial charge is 0.482 e. The summed E-state index contributed by atoms with van der Waals surface area (Å²) in [6.45, 7) is 0.00940. The predicted molar refractivity (Wildman–Crippen MR) is 132 cm³/mol. The average molecular weight is 479 g/mol. The molecule has 9 nitrogen and oxygen atoms in total. The van der Waals surface area contributed by atoms with E-state index in [4.69, 9.17) is 9.47 Å². The van der Waals surface area contributed by atoms with Crippen molar-refractivity contribution in [1.82, 2.24) is 9.97 Å². The molecule has 2 aromatic heterocycles. The highest BCUT2D eigenvalue weighted by molar-refractivity contribution is 5.96. The molecule has 1 amide bonds. The first-order valence-electron chi connectivity index (χ1n) is 11.9. The van der Waals surface area contributed by atoms with Gasteiger partial charge in [0, 0.05) is 23.9 Å². The molecule has 0 radical (unpaired) electrons. The topological polar surface area (TPSA) is 126 Å². The summed E-state index contributed by atoms with van der Waals surface area (Å²) < 4.78 is 10.6. The molecule has 1 unspecified atom stereocenters. The number of aliphatic hydroxyl groups is 2. The van der Waals surface area contributed by atoms with E-state index in [2.05, 4.69) is 20.6 Å². The first-order valence-corrected chi connectivity index (χ1v) is 11.9. The van der Waals surface area contributed by atoms with E-state index in [9.17, 15) is 15.0 Å². The maximum absolute atomic E-state index is 11.6. The summed E-state index contributed by atoms with van der Waals surface area (Å²) in [6, 6.07) is 11.0. The van der Waals surface area contributed by atoms with Gasteiger partial charge >= 0.3 is 0 Å². The van der Waals surface area contributed by atoms with Crippen molar-refractivity contribution in [1.29, 1.82) is 0 Å². The lowest BCUT2D eigenvalue weighted by atomic mass is 9.75. The van der Waals surface area contributed by atoms with Crippen molar-refractivity contribution in [2.45, 2.75) is 50.4 Å². The quantitative estimate of drug-likeness (QED) is 0.381. The minimum Gasteiger partial charge on any atom is -0.482 e. The molecule has 5 rings (SSSR count). The van der Waals surface area contributed by atoms with Gasteiger partial charge in [-0.15, -0.1) is 0 Å². The summed E-state index contributed by atoms with van der Waals surface area (Å²) in [6.07, 6.45) is 4.97. The number of nitrogens with zero attached hydrogens (tertiary/aromatic N) is 2. The van der Waals surface area contributed by atoms with Crippen LogP contribution in [0.2, 0.25) is 0 Å². The zero-order valence-electron chi connectivity index (χ0n) is 19.7. The van der Waals surface area contributed by atoms with Crippen LogP contribution in [0.1, 0.15) is 37.7 Å². The Morgan fingerprint density at radius 3 is 2.89 bits per heavy atom. The number of ether oxygens (including phenoxy) is 2. The van der Waals surface area contributed by atoms with Crippen molar-refractivity contribution in [3.8, 4) is 11.6 Å². The number of fused-ring (bicyclic) bond motifs is 2. The molecule has 35 heavy (non-hydrogen) atoms. The standard InChI is InChI=1S/C26H30N4O5/c1-34-23-5-3-19-24(30-23)16(9-13-27-19)6-10-26(33)11-7-17(8-12-26)25(32)28-18-2-4-21-20(14-18)29-22(31)15-35-21/h2-5,9,13-14,17,25,28,32-33H,6-8,10-12,15H2,1H3,(H,29,31). The van der Waals surface area contributed by atoms with Gasteiger partial charge in [0.1, 0.15) is 12.0 Å². The van der Waals surface area contributed by atoms with Gasteiger partial charge in [-0.25, -0.2) is 4.98 Å². The Morgan fingerprint density at radius 1 is 1.26 bits per heavy atom. The molecule has 3 heterocycles. The third-order valence-corrected chi connectivity index (χ3v) is 7.05. The molecular formula is C26H30N4O5. The Morgan fingerprint density at radius 2 is 2.09 bits per heavy atom. The second kappa shape index (κ2) is 9.67. The van der Waals surface area contributed by atoms with Crippen molar-refractivity contribution in [3.63, 3.8) is 0 Å². The number of aryl methyl sites for hydroxylation is 1.